The molecule has 1 N–H and O–H groups in total. The molecule has 0 aliphatic carbocycles. The van der Waals surface area contributed by atoms with Crippen LogP contribution in [0.4, 0.5) is 20.2 Å². The Morgan fingerprint density at radius 2 is 1.76 bits per heavy atom. The van der Waals surface area contributed by atoms with Gasteiger partial charge in [-0.15, -0.1) is 0 Å². The van der Waals surface area contributed by atoms with Crippen LogP contribution in [0.3, 0.4) is 0 Å². The second-order valence-electron chi connectivity index (χ2n) is 4.11. The standard InChI is InChI=1S/C13H8Cl2F2N2O2/c14-9-4-8(5-10(15)13(9)17)18-6-7-2-1-3-11(12(7)16)19(20)21/h1-5,18H,6H2. The van der Waals surface area contributed by atoms with Crippen molar-refractivity contribution in [2.75, 3.05) is 5.32 Å². The number of nitro benzene ring substituents is 1. The predicted molar refractivity (Wildman–Crippen MR) is 76.8 cm³/mol. The molecule has 0 unspecified atom stereocenters. The van der Waals surface area contributed by atoms with Gasteiger partial charge in [-0.1, -0.05) is 35.3 Å². The average molecular weight is 333 g/mol. The first kappa shape index (κ1) is 15.5. The topological polar surface area (TPSA) is 55.2 Å². The first-order chi connectivity index (χ1) is 9.90. The van der Waals surface area contributed by atoms with Gasteiger partial charge in [-0.25, -0.2) is 4.39 Å². The summed E-state index contributed by atoms with van der Waals surface area (Å²) in [6.45, 7) is -0.0359. The monoisotopic (exact) mass is 332 g/mol. The van der Waals surface area contributed by atoms with E-state index >= 15 is 0 Å². The van der Waals surface area contributed by atoms with Crippen molar-refractivity contribution in [3.05, 3.63) is 67.7 Å². The molecule has 0 fully saturated rings. The first-order valence-electron chi connectivity index (χ1n) is 5.70. The second-order valence-corrected chi connectivity index (χ2v) is 4.93. The molecule has 2 aromatic rings. The zero-order valence-electron chi connectivity index (χ0n) is 10.4. The Bertz CT molecular complexity index is 688. The number of benzene rings is 2. The van der Waals surface area contributed by atoms with Crippen LogP contribution in [0.5, 0.6) is 0 Å². The maximum Gasteiger partial charge on any atom is 0.305 e. The third-order valence-electron chi connectivity index (χ3n) is 2.72. The number of nitrogens with zero attached hydrogens (tertiary/aromatic N) is 1. The lowest BCUT2D eigenvalue weighted by Crippen LogP contribution is -2.04. The van der Waals surface area contributed by atoms with Crippen molar-refractivity contribution in [1.29, 1.82) is 0 Å². The van der Waals surface area contributed by atoms with Crippen molar-refractivity contribution in [3.63, 3.8) is 0 Å². The van der Waals surface area contributed by atoms with E-state index in [9.17, 15) is 18.9 Å². The van der Waals surface area contributed by atoms with Crippen LogP contribution in [0.1, 0.15) is 5.56 Å². The molecule has 0 atom stereocenters. The van der Waals surface area contributed by atoms with E-state index in [4.69, 9.17) is 23.2 Å². The van der Waals surface area contributed by atoms with Crippen molar-refractivity contribution in [2.24, 2.45) is 0 Å². The quantitative estimate of drug-likeness (QED) is 0.497. The lowest BCUT2D eigenvalue weighted by molar-refractivity contribution is -0.387. The Labute approximate surface area is 128 Å². The van der Waals surface area contributed by atoms with Gasteiger partial charge in [0, 0.05) is 23.9 Å². The zero-order chi connectivity index (χ0) is 15.6. The van der Waals surface area contributed by atoms with Gasteiger partial charge in [0.15, 0.2) is 5.82 Å². The van der Waals surface area contributed by atoms with Crippen molar-refractivity contribution in [2.45, 2.75) is 6.54 Å². The van der Waals surface area contributed by atoms with Crippen LogP contribution in [-0.2, 0) is 6.54 Å². The fraction of sp³-hybridized carbons (Fsp3) is 0.0769. The minimum atomic E-state index is -0.922. The van der Waals surface area contributed by atoms with Crippen LogP contribution in [0.2, 0.25) is 10.0 Å². The van der Waals surface area contributed by atoms with Gasteiger partial charge >= 0.3 is 5.69 Å². The molecule has 0 saturated heterocycles. The molecule has 8 heteroatoms. The number of nitrogens with one attached hydrogen (secondary N) is 1. The smallest absolute Gasteiger partial charge is 0.305 e. The Balaban J connectivity index is 2.21. The maximum atomic E-state index is 13.9. The average Bonchev–Trinajstić information content (AvgIpc) is 2.43. The van der Waals surface area contributed by atoms with E-state index in [0.29, 0.717) is 5.69 Å². The number of hydrogen-bond donors (Lipinski definition) is 1. The highest BCUT2D eigenvalue weighted by atomic mass is 35.5. The summed E-state index contributed by atoms with van der Waals surface area (Å²) in [5.74, 6) is -1.67. The molecule has 0 amide bonds. The summed E-state index contributed by atoms with van der Waals surface area (Å²) in [7, 11) is 0. The number of nitro groups is 1. The second kappa shape index (κ2) is 6.24. The minimum absolute atomic E-state index is 0.0359. The van der Waals surface area contributed by atoms with Crippen LogP contribution in [0.15, 0.2) is 30.3 Å². The van der Waals surface area contributed by atoms with Gasteiger partial charge in [0.1, 0.15) is 0 Å². The number of rotatable bonds is 4. The van der Waals surface area contributed by atoms with Gasteiger partial charge in [0.25, 0.3) is 0 Å². The van der Waals surface area contributed by atoms with E-state index in [-0.39, 0.29) is 22.2 Å². The highest BCUT2D eigenvalue weighted by Crippen LogP contribution is 2.28. The van der Waals surface area contributed by atoms with Crippen molar-refractivity contribution >= 4 is 34.6 Å². The van der Waals surface area contributed by atoms with Crippen LogP contribution in [0.25, 0.3) is 0 Å². The summed E-state index contributed by atoms with van der Waals surface area (Å²) in [6.07, 6.45) is 0. The van der Waals surface area contributed by atoms with Gasteiger partial charge in [-0.2, -0.15) is 4.39 Å². The summed E-state index contributed by atoms with van der Waals surface area (Å²) >= 11 is 11.3. The zero-order valence-corrected chi connectivity index (χ0v) is 11.9. The molecule has 0 bridgehead atoms. The molecular formula is C13H8Cl2F2N2O2. The van der Waals surface area contributed by atoms with Gasteiger partial charge in [0.05, 0.1) is 15.0 Å². The van der Waals surface area contributed by atoms with Gasteiger partial charge < -0.3 is 5.32 Å². The van der Waals surface area contributed by atoms with E-state index in [0.717, 1.165) is 6.07 Å². The fourth-order valence-electron chi connectivity index (χ4n) is 1.70. The molecule has 0 aliphatic heterocycles. The lowest BCUT2D eigenvalue weighted by atomic mass is 10.2. The molecule has 21 heavy (non-hydrogen) atoms. The largest absolute Gasteiger partial charge is 0.381 e. The molecule has 110 valence electrons. The van der Waals surface area contributed by atoms with E-state index < -0.39 is 22.2 Å². The summed E-state index contributed by atoms with van der Waals surface area (Å²) in [6, 6.07) is 6.44. The van der Waals surface area contributed by atoms with E-state index in [1.54, 1.807) is 0 Å². The molecule has 2 rings (SSSR count). The van der Waals surface area contributed by atoms with E-state index in [1.165, 1.54) is 24.3 Å². The van der Waals surface area contributed by atoms with Crippen LogP contribution < -0.4 is 5.32 Å². The number of anilines is 1. The molecular weight excluding hydrogens is 325 g/mol. The van der Waals surface area contributed by atoms with Crippen LogP contribution >= 0.6 is 23.2 Å². The summed E-state index contributed by atoms with van der Waals surface area (Å²) in [5.41, 5.74) is -0.137. The molecule has 0 radical (unpaired) electrons. The van der Waals surface area contributed by atoms with E-state index in [1.807, 2.05) is 0 Å². The molecule has 0 aliphatic rings. The molecule has 0 heterocycles. The van der Waals surface area contributed by atoms with Crippen molar-refractivity contribution in [3.8, 4) is 0 Å². The van der Waals surface area contributed by atoms with Gasteiger partial charge in [0.2, 0.25) is 5.82 Å². The SMILES string of the molecule is O=[N+]([O-])c1cccc(CNc2cc(Cl)c(F)c(Cl)c2)c1F. The maximum absolute atomic E-state index is 13.9. The Morgan fingerprint density at radius 1 is 1.14 bits per heavy atom. The summed E-state index contributed by atoms with van der Waals surface area (Å²) < 4.78 is 27.1. The third-order valence-corrected chi connectivity index (χ3v) is 3.27. The van der Waals surface area contributed by atoms with Gasteiger partial charge in [-0.05, 0) is 12.1 Å². The Morgan fingerprint density at radius 3 is 2.33 bits per heavy atom. The molecule has 0 spiro atoms. The molecule has 0 saturated carbocycles. The van der Waals surface area contributed by atoms with Gasteiger partial charge in [-0.3, -0.25) is 10.1 Å². The van der Waals surface area contributed by atoms with Crippen molar-refractivity contribution in [1.82, 2.24) is 0 Å². The highest BCUT2D eigenvalue weighted by molar-refractivity contribution is 6.35. The number of halogens is 4. The minimum Gasteiger partial charge on any atom is -0.381 e. The number of hydrogen-bond acceptors (Lipinski definition) is 3. The van der Waals surface area contributed by atoms with Crippen molar-refractivity contribution < 1.29 is 13.7 Å². The lowest BCUT2D eigenvalue weighted by Gasteiger charge is -2.09. The first-order valence-corrected chi connectivity index (χ1v) is 6.46. The molecule has 2 aromatic carbocycles. The highest BCUT2D eigenvalue weighted by Gasteiger charge is 2.17. The Hall–Kier alpha value is -1.92. The normalized spacial score (nSPS) is 10.5. The Kier molecular flexibility index (Phi) is 4.59. The van der Waals surface area contributed by atoms with Crippen LogP contribution in [0, 0.1) is 21.7 Å². The molecule has 0 aromatic heterocycles. The summed E-state index contributed by atoms with van der Waals surface area (Å²) in [4.78, 5) is 9.84. The predicted octanol–water partition coefficient (Wildman–Crippen LogP) is 4.79. The van der Waals surface area contributed by atoms with Crippen LogP contribution in [-0.4, -0.2) is 4.92 Å². The fourth-order valence-corrected chi connectivity index (χ4v) is 2.19. The summed E-state index contributed by atoms with van der Waals surface area (Å²) in [5, 5.41) is 13.1. The van der Waals surface area contributed by atoms with E-state index in [2.05, 4.69) is 5.32 Å². The molecule has 4 nitrogen and oxygen atoms in total. The third kappa shape index (κ3) is 3.40.